The summed E-state index contributed by atoms with van der Waals surface area (Å²) >= 11 is 0. The molecule has 0 radical (unpaired) electrons. The molecule has 29 heavy (non-hydrogen) atoms. The minimum absolute atomic E-state index is 1.20. The molecule has 0 aliphatic heterocycles. The van der Waals surface area contributed by atoms with Crippen molar-refractivity contribution in [1.82, 2.24) is 0 Å². The molecule has 142 valence electrons. The van der Waals surface area contributed by atoms with Crippen molar-refractivity contribution in [3.8, 4) is 11.8 Å². The molecule has 0 heterocycles. The minimum atomic E-state index is -3.38. The first-order valence-electron chi connectivity index (χ1n) is 9.62. The molecule has 4 aromatic rings. The second-order valence-corrected chi connectivity index (χ2v) is 11.4. The van der Waals surface area contributed by atoms with Crippen molar-refractivity contribution >= 4 is 27.8 Å². The molecule has 0 spiro atoms. The summed E-state index contributed by atoms with van der Waals surface area (Å²) in [6.45, 7) is -3.38. The van der Waals surface area contributed by atoms with Gasteiger partial charge in [0.2, 0.25) is 0 Å². The zero-order valence-electron chi connectivity index (χ0n) is 16.4. The van der Waals surface area contributed by atoms with Gasteiger partial charge in [-0.3, -0.25) is 0 Å². The van der Waals surface area contributed by atoms with Crippen LogP contribution in [0.25, 0.3) is 0 Å². The van der Waals surface area contributed by atoms with Crippen molar-refractivity contribution in [3.63, 3.8) is 0 Å². The van der Waals surface area contributed by atoms with E-state index in [1.54, 1.807) is 7.11 Å². The fraction of sp³-hybridized carbons (Fsp3) is 0.0370. The van der Waals surface area contributed by atoms with Crippen LogP contribution in [0.2, 0.25) is 0 Å². The van der Waals surface area contributed by atoms with Crippen LogP contribution in [0.1, 0.15) is 0 Å². The van der Waals surface area contributed by atoms with Crippen molar-refractivity contribution in [1.29, 1.82) is 0 Å². The van der Waals surface area contributed by atoms with Crippen LogP contribution < -0.4 is 21.2 Å². The molecule has 0 N–H and O–H groups in total. The van der Waals surface area contributed by atoms with E-state index in [1.165, 1.54) is 21.2 Å². The predicted octanol–water partition coefficient (Wildman–Crippen LogP) is 4.41. The molecule has 0 aliphatic rings. The first-order chi connectivity index (χ1) is 14.3. The third kappa shape index (κ3) is 2.85. The predicted molar refractivity (Wildman–Crippen MR) is 126 cm³/mol. The fourth-order valence-electron chi connectivity index (χ4n) is 4.19. The van der Waals surface area contributed by atoms with Gasteiger partial charge in [-0.05, 0) is 0 Å². The zero-order chi connectivity index (χ0) is 20.0. The molecule has 0 atom stereocenters. The number of ether oxygens (including phenoxy) is 1. The van der Waals surface area contributed by atoms with Gasteiger partial charge in [-0.25, -0.2) is 0 Å². The van der Waals surface area contributed by atoms with E-state index in [2.05, 4.69) is 133 Å². The topological polar surface area (TPSA) is 9.23 Å². The van der Waals surface area contributed by atoms with E-state index in [0.29, 0.717) is 0 Å². The summed E-state index contributed by atoms with van der Waals surface area (Å²) in [5.41, 5.74) is 3.72. The third-order valence-electron chi connectivity index (χ3n) is 5.46. The molecule has 4 rings (SSSR count). The van der Waals surface area contributed by atoms with Gasteiger partial charge in [0.25, 0.3) is 0 Å². The van der Waals surface area contributed by atoms with Crippen molar-refractivity contribution in [2.75, 3.05) is 7.11 Å². The quantitative estimate of drug-likeness (QED) is 0.368. The third-order valence-corrected chi connectivity index (χ3v) is 11.3. The van der Waals surface area contributed by atoms with Crippen LogP contribution in [0.4, 0.5) is 0 Å². The fourth-order valence-corrected chi connectivity index (χ4v) is 9.85. The van der Waals surface area contributed by atoms with Gasteiger partial charge in [0.15, 0.2) is 0 Å². The molecule has 0 saturated carbocycles. The van der Waals surface area contributed by atoms with Crippen molar-refractivity contribution in [2.45, 2.75) is 0 Å². The number of methoxy groups -OCH3 is 1. The molecular formula is C27H23OP. The SMILES string of the molecule is COC#CP(c1ccccc1)(c1ccccc1)(c1ccccc1)c1ccccc1. The van der Waals surface area contributed by atoms with Crippen LogP contribution in [0.15, 0.2) is 121 Å². The Kier molecular flexibility index (Phi) is 5.22. The molecule has 0 unspecified atom stereocenters. The molecule has 0 fully saturated rings. The van der Waals surface area contributed by atoms with Crippen LogP contribution >= 0.6 is 6.60 Å². The van der Waals surface area contributed by atoms with Crippen molar-refractivity contribution in [2.24, 2.45) is 0 Å². The maximum absolute atomic E-state index is 5.38. The average Bonchev–Trinajstić information content (AvgIpc) is 2.83. The van der Waals surface area contributed by atoms with E-state index in [1.807, 2.05) is 0 Å². The van der Waals surface area contributed by atoms with Gasteiger partial charge in [0.05, 0.1) is 0 Å². The van der Waals surface area contributed by atoms with Crippen LogP contribution in [-0.4, -0.2) is 7.11 Å². The molecule has 0 aromatic heterocycles. The number of hydrogen-bond donors (Lipinski definition) is 0. The summed E-state index contributed by atoms with van der Waals surface area (Å²) in [5.74, 6) is 0. The van der Waals surface area contributed by atoms with Gasteiger partial charge < -0.3 is 0 Å². The van der Waals surface area contributed by atoms with Crippen LogP contribution in [0.3, 0.4) is 0 Å². The van der Waals surface area contributed by atoms with E-state index in [9.17, 15) is 0 Å². The second kappa shape index (κ2) is 7.96. The zero-order valence-corrected chi connectivity index (χ0v) is 17.3. The van der Waals surface area contributed by atoms with Gasteiger partial charge in [-0.15, -0.1) is 0 Å². The van der Waals surface area contributed by atoms with Gasteiger partial charge in [0.1, 0.15) is 0 Å². The first kappa shape index (κ1) is 19.0. The summed E-state index contributed by atoms with van der Waals surface area (Å²) in [5, 5.41) is 4.80. The molecule has 4 aromatic carbocycles. The molecule has 1 nitrogen and oxygen atoms in total. The van der Waals surface area contributed by atoms with E-state index >= 15 is 0 Å². The van der Waals surface area contributed by atoms with E-state index in [4.69, 9.17) is 4.74 Å². The molecular weight excluding hydrogens is 371 g/mol. The van der Waals surface area contributed by atoms with Crippen LogP contribution in [-0.2, 0) is 4.74 Å². The Morgan fingerprint density at radius 2 is 0.759 bits per heavy atom. The van der Waals surface area contributed by atoms with Gasteiger partial charge >= 0.3 is 173 Å². The Labute approximate surface area is 172 Å². The molecule has 0 bridgehead atoms. The number of rotatable bonds is 4. The molecule has 0 saturated heterocycles. The van der Waals surface area contributed by atoms with Gasteiger partial charge in [0, 0.05) is 0 Å². The van der Waals surface area contributed by atoms with Gasteiger partial charge in [-0.1, -0.05) is 0 Å². The van der Waals surface area contributed by atoms with Crippen LogP contribution in [0.5, 0.6) is 0 Å². The Hall–Kier alpha value is -3.33. The Bertz CT molecular complexity index is 959. The van der Waals surface area contributed by atoms with Crippen LogP contribution in [0, 0.1) is 11.8 Å². The standard InChI is InChI=1S/C27H23OP/c1-28-22-23-29(24-14-6-2-7-15-24,25-16-8-3-9-17-25,26-18-10-4-11-19-26)27-20-12-5-13-21-27/h2-21H,1H3. The average molecular weight is 394 g/mol. The summed E-state index contributed by atoms with van der Waals surface area (Å²) in [6, 6.07) is 42.6. The molecule has 0 aliphatic carbocycles. The van der Waals surface area contributed by atoms with E-state index < -0.39 is 6.60 Å². The van der Waals surface area contributed by atoms with Crippen molar-refractivity contribution < 1.29 is 4.74 Å². The normalized spacial score (nSPS) is 12.1. The maximum atomic E-state index is 5.38. The van der Waals surface area contributed by atoms with Gasteiger partial charge in [-0.2, -0.15) is 0 Å². The monoisotopic (exact) mass is 394 g/mol. The summed E-state index contributed by atoms with van der Waals surface area (Å²) in [7, 11) is 1.63. The first-order valence-corrected chi connectivity index (χ1v) is 11.9. The summed E-state index contributed by atoms with van der Waals surface area (Å²) in [6.07, 6.45) is 3.03. The summed E-state index contributed by atoms with van der Waals surface area (Å²) in [4.78, 5) is 0. The molecule has 2 heteroatoms. The Morgan fingerprint density at radius 3 is 1.00 bits per heavy atom. The molecule has 0 amide bonds. The second-order valence-electron chi connectivity index (χ2n) is 6.88. The Morgan fingerprint density at radius 1 is 0.483 bits per heavy atom. The van der Waals surface area contributed by atoms with E-state index in [-0.39, 0.29) is 0 Å². The number of benzene rings is 4. The summed E-state index contributed by atoms with van der Waals surface area (Å²) < 4.78 is 5.38. The van der Waals surface area contributed by atoms with E-state index in [0.717, 1.165) is 0 Å². The Balaban J connectivity index is 2.33. The number of hydrogen-bond acceptors (Lipinski definition) is 1. The van der Waals surface area contributed by atoms with Crippen molar-refractivity contribution in [3.05, 3.63) is 121 Å².